The van der Waals surface area contributed by atoms with Gasteiger partial charge in [0.2, 0.25) is 0 Å². The minimum Gasteiger partial charge on any atom is -0.467 e. The molecular weight excluding hydrogens is 439 g/mol. The van der Waals surface area contributed by atoms with E-state index < -0.39 is 31.9 Å². The van der Waals surface area contributed by atoms with Crippen LogP contribution < -0.4 is 0 Å². The number of nitrogens with zero attached hydrogens (tertiary/aromatic N) is 2. The summed E-state index contributed by atoms with van der Waals surface area (Å²) < 4.78 is 17.2. The van der Waals surface area contributed by atoms with Crippen LogP contribution in [0.25, 0.3) is 0 Å². The third-order valence-corrected chi connectivity index (χ3v) is 5.72. The summed E-state index contributed by atoms with van der Waals surface area (Å²) in [5, 5.41) is 0. The fourth-order valence-corrected chi connectivity index (χ4v) is 4.37. The Morgan fingerprint density at radius 1 is 1.41 bits per heavy atom. The number of fused-ring (bicyclic) bond motifs is 1. The van der Waals surface area contributed by atoms with Crippen LogP contribution in [0.15, 0.2) is 22.7 Å². The number of carbonyl (C=O) groups excluding carboxylic acids is 2. The molecule has 1 atom stereocenters. The molecule has 1 aromatic carbocycles. The van der Waals surface area contributed by atoms with Gasteiger partial charge >= 0.3 is 19.6 Å². The quantitative estimate of drug-likeness (QED) is 0.514. The van der Waals surface area contributed by atoms with Crippen LogP contribution in [0.5, 0.6) is 0 Å². The molecule has 0 fully saturated rings. The zero-order valence-electron chi connectivity index (χ0n) is 15.5. The average Bonchev–Trinajstić information content (AvgIpc) is 2.57. The topological polar surface area (TPSA) is 107 Å². The molecule has 1 heterocycles. The van der Waals surface area contributed by atoms with Crippen LogP contribution in [-0.4, -0.2) is 57.6 Å². The standard InChI is InChI=1S/C17H24BrN2O6P/c1-11(2)8-19(10-27(23,24)25)17(22)20-9-13-12(5-4-6-14(13)18)7-15(20)16(21)26-3/h4-6,11,15H,7-10H2,1-3H3,(H2,23,24,25). The lowest BCUT2D eigenvalue weighted by Gasteiger charge is -2.39. The first-order valence-corrected chi connectivity index (χ1v) is 11.1. The van der Waals surface area contributed by atoms with Crippen molar-refractivity contribution in [2.75, 3.05) is 19.9 Å². The summed E-state index contributed by atoms with van der Waals surface area (Å²) in [5.41, 5.74) is 1.79. The van der Waals surface area contributed by atoms with Crippen molar-refractivity contribution in [3.8, 4) is 0 Å². The van der Waals surface area contributed by atoms with E-state index in [0.29, 0.717) is 0 Å². The smallest absolute Gasteiger partial charge is 0.344 e. The monoisotopic (exact) mass is 462 g/mol. The van der Waals surface area contributed by atoms with Gasteiger partial charge in [-0.2, -0.15) is 0 Å². The number of hydrogen-bond donors (Lipinski definition) is 2. The molecule has 0 bridgehead atoms. The number of methoxy groups -OCH3 is 1. The molecule has 150 valence electrons. The second-order valence-corrected chi connectivity index (χ2v) is 9.42. The summed E-state index contributed by atoms with van der Waals surface area (Å²) in [7, 11) is -3.20. The lowest BCUT2D eigenvalue weighted by atomic mass is 9.94. The molecule has 10 heteroatoms. The molecular formula is C17H24BrN2O6P. The van der Waals surface area contributed by atoms with Crippen molar-refractivity contribution in [2.24, 2.45) is 5.92 Å². The first kappa shape index (κ1) is 21.9. The van der Waals surface area contributed by atoms with E-state index in [4.69, 9.17) is 4.74 Å². The summed E-state index contributed by atoms with van der Waals surface area (Å²) in [5.74, 6) is -0.560. The molecule has 1 unspecified atom stereocenters. The van der Waals surface area contributed by atoms with Gasteiger partial charge in [0.15, 0.2) is 0 Å². The molecule has 0 spiro atoms. The highest BCUT2D eigenvalue weighted by Gasteiger charge is 2.39. The number of ether oxygens (including phenoxy) is 1. The Kier molecular flexibility index (Phi) is 7.08. The van der Waals surface area contributed by atoms with E-state index in [1.807, 2.05) is 32.0 Å². The van der Waals surface area contributed by atoms with Gasteiger partial charge in [-0.25, -0.2) is 9.59 Å². The number of urea groups is 1. The van der Waals surface area contributed by atoms with Crippen molar-refractivity contribution in [1.29, 1.82) is 0 Å². The second-order valence-electron chi connectivity index (χ2n) is 6.95. The molecule has 2 rings (SSSR count). The van der Waals surface area contributed by atoms with E-state index in [-0.39, 0.29) is 25.4 Å². The van der Waals surface area contributed by atoms with Gasteiger partial charge in [0.1, 0.15) is 12.3 Å². The Bertz CT molecular complexity index is 766. The fourth-order valence-electron chi connectivity index (χ4n) is 3.16. The van der Waals surface area contributed by atoms with Gasteiger partial charge in [0.05, 0.1) is 7.11 Å². The Morgan fingerprint density at radius 2 is 2.07 bits per heavy atom. The van der Waals surface area contributed by atoms with Crippen LogP contribution in [0, 0.1) is 5.92 Å². The van der Waals surface area contributed by atoms with Crippen molar-refractivity contribution >= 4 is 35.5 Å². The van der Waals surface area contributed by atoms with Gasteiger partial charge in [-0.15, -0.1) is 0 Å². The van der Waals surface area contributed by atoms with Gasteiger partial charge in [0.25, 0.3) is 0 Å². The number of rotatable bonds is 5. The van der Waals surface area contributed by atoms with Crippen LogP contribution in [0.3, 0.4) is 0 Å². The molecule has 0 radical (unpaired) electrons. The minimum atomic E-state index is -4.46. The highest BCUT2D eigenvalue weighted by molar-refractivity contribution is 9.10. The maximum Gasteiger partial charge on any atom is 0.344 e. The van der Waals surface area contributed by atoms with Crippen molar-refractivity contribution in [2.45, 2.75) is 32.9 Å². The predicted molar refractivity (Wildman–Crippen MR) is 103 cm³/mol. The number of benzene rings is 1. The van der Waals surface area contributed by atoms with E-state index in [0.717, 1.165) is 20.5 Å². The van der Waals surface area contributed by atoms with Gasteiger partial charge in [0, 0.05) is 24.0 Å². The van der Waals surface area contributed by atoms with E-state index in [9.17, 15) is 23.9 Å². The molecule has 0 saturated heterocycles. The van der Waals surface area contributed by atoms with Crippen molar-refractivity contribution in [3.05, 3.63) is 33.8 Å². The van der Waals surface area contributed by atoms with E-state index in [1.54, 1.807) is 0 Å². The third kappa shape index (κ3) is 5.54. The zero-order chi connectivity index (χ0) is 20.4. The Labute approximate surface area is 166 Å². The number of carbonyl (C=O) groups is 2. The molecule has 27 heavy (non-hydrogen) atoms. The van der Waals surface area contributed by atoms with Crippen molar-refractivity contribution < 1.29 is 28.7 Å². The van der Waals surface area contributed by atoms with Gasteiger partial charge in [-0.05, 0) is 23.1 Å². The summed E-state index contributed by atoms with van der Waals surface area (Å²) in [6.07, 6.45) is -0.421. The Hall–Kier alpha value is -1.41. The molecule has 2 N–H and O–H groups in total. The largest absolute Gasteiger partial charge is 0.467 e. The minimum absolute atomic E-state index is 0.000824. The Balaban J connectivity index is 2.40. The summed E-state index contributed by atoms with van der Waals surface area (Å²) >= 11 is 3.47. The van der Waals surface area contributed by atoms with Gasteiger partial charge < -0.3 is 24.3 Å². The normalized spacial score (nSPS) is 16.9. The van der Waals surface area contributed by atoms with E-state index >= 15 is 0 Å². The zero-order valence-corrected chi connectivity index (χ0v) is 17.9. The number of esters is 1. The molecule has 1 aliphatic rings. The van der Waals surface area contributed by atoms with Crippen LogP contribution in [0.2, 0.25) is 0 Å². The first-order valence-electron chi connectivity index (χ1n) is 8.47. The molecule has 1 aromatic rings. The summed E-state index contributed by atoms with van der Waals surface area (Å²) in [4.78, 5) is 46.6. The van der Waals surface area contributed by atoms with Crippen LogP contribution in [-0.2, 0) is 27.1 Å². The summed E-state index contributed by atoms with van der Waals surface area (Å²) in [6.45, 7) is 4.00. The van der Waals surface area contributed by atoms with Crippen molar-refractivity contribution in [3.63, 3.8) is 0 Å². The lowest BCUT2D eigenvalue weighted by Crippen LogP contribution is -2.54. The number of halogens is 1. The van der Waals surface area contributed by atoms with Gasteiger partial charge in [-0.1, -0.05) is 41.9 Å². The molecule has 1 aliphatic heterocycles. The Morgan fingerprint density at radius 3 is 2.63 bits per heavy atom. The molecule has 8 nitrogen and oxygen atoms in total. The highest BCUT2D eigenvalue weighted by Crippen LogP contribution is 2.37. The van der Waals surface area contributed by atoms with E-state index in [2.05, 4.69) is 15.9 Å². The highest BCUT2D eigenvalue weighted by atomic mass is 79.9. The van der Waals surface area contributed by atoms with Crippen LogP contribution in [0.4, 0.5) is 4.79 Å². The molecule has 2 amide bonds. The van der Waals surface area contributed by atoms with Crippen molar-refractivity contribution in [1.82, 2.24) is 9.80 Å². The molecule has 0 saturated carbocycles. The SMILES string of the molecule is COC(=O)C1Cc2cccc(Br)c2CN1C(=O)N(CC(C)C)CP(=O)(O)O. The van der Waals surface area contributed by atoms with E-state index in [1.165, 1.54) is 12.0 Å². The third-order valence-electron chi connectivity index (χ3n) is 4.26. The van der Waals surface area contributed by atoms with Gasteiger partial charge in [-0.3, -0.25) is 4.57 Å². The molecule has 0 aliphatic carbocycles. The summed E-state index contributed by atoms with van der Waals surface area (Å²) in [6, 6.07) is 4.15. The first-order chi connectivity index (χ1) is 12.5. The lowest BCUT2D eigenvalue weighted by molar-refractivity contribution is -0.146. The fraction of sp³-hybridized carbons (Fsp3) is 0.529. The maximum atomic E-state index is 13.1. The number of amides is 2. The predicted octanol–water partition coefficient (Wildman–Crippen LogP) is 2.56. The average molecular weight is 463 g/mol. The van der Waals surface area contributed by atoms with Crippen LogP contribution in [0.1, 0.15) is 25.0 Å². The molecule has 0 aromatic heterocycles. The maximum absolute atomic E-state index is 13.1. The number of hydrogen-bond acceptors (Lipinski definition) is 4. The second kappa shape index (κ2) is 8.73. The van der Waals surface area contributed by atoms with Crippen LogP contribution >= 0.6 is 23.5 Å².